The van der Waals surface area contributed by atoms with Crippen molar-refractivity contribution in [3.8, 4) is 0 Å². The van der Waals surface area contributed by atoms with E-state index in [-0.39, 0.29) is 0 Å². The van der Waals surface area contributed by atoms with Crippen LogP contribution in [0.25, 0.3) is 0 Å². The summed E-state index contributed by atoms with van der Waals surface area (Å²) in [6, 6.07) is 0.499. The maximum absolute atomic E-state index is 5.72. The molecule has 0 aromatic carbocycles. The lowest BCUT2D eigenvalue weighted by Gasteiger charge is -2.27. The molecule has 0 spiro atoms. The van der Waals surface area contributed by atoms with Crippen molar-refractivity contribution >= 4 is 5.90 Å². The molecule has 2 heterocycles. The van der Waals surface area contributed by atoms with Crippen LogP contribution in [0.1, 0.15) is 25.7 Å². The first-order valence-electron chi connectivity index (χ1n) is 5.84. The SMILES string of the molecule is C1CC(C2COC(C3CCNC3)=N2)C1. The molecule has 14 heavy (non-hydrogen) atoms. The minimum absolute atomic E-state index is 0.499. The zero-order valence-corrected chi connectivity index (χ0v) is 8.54. The Labute approximate surface area is 84.9 Å². The molecule has 2 atom stereocenters. The van der Waals surface area contributed by atoms with Crippen molar-refractivity contribution in [3.63, 3.8) is 0 Å². The molecule has 0 amide bonds. The summed E-state index contributed by atoms with van der Waals surface area (Å²) >= 11 is 0. The summed E-state index contributed by atoms with van der Waals surface area (Å²) in [6.45, 7) is 3.05. The van der Waals surface area contributed by atoms with E-state index in [0.717, 1.165) is 31.5 Å². The predicted octanol–water partition coefficient (Wildman–Crippen LogP) is 1.19. The molecule has 3 heteroatoms. The summed E-state index contributed by atoms with van der Waals surface area (Å²) in [4.78, 5) is 4.75. The van der Waals surface area contributed by atoms with Crippen LogP contribution in [-0.4, -0.2) is 31.6 Å². The van der Waals surface area contributed by atoms with Crippen molar-refractivity contribution in [3.05, 3.63) is 0 Å². The molecule has 1 N–H and O–H groups in total. The molecule has 78 valence electrons. The minimum atomic E-state index is 0.499. The zero-order chi connectivity index (χ0) is 9.38. The van der Waals surface area contributed by atoms with E-state index in [1.54, 1.807) is 0 Å². The topological polar surface area (TPSA) is 33.6 Å². The number of ether oxygens (including phenoxy) is 1. The number of nitrogens with zero attached hydrogens (tertiary/aromatic N) is 1. The van der Waals surface area contributed by atoms with Crippen LogP contribution in [0.2, 0.25) is 0 Å². The van der Waals surface area contributed by atoms with Crippen LogP contribution in [0.4, 0.5) is 0 Å². The van der Waals surface area contributed by atoms with E-state index < -0.39 is 0 Å². The molecule has 2 aliphatic heterocycles. The van der Waals surface area contributed by atoms with E-state index in [0.29, 0.717) is 12.0 Å². The zero-order valence-electron chi connectivity index (χ0n) is 8.54. The summed E-state index contributed by atoms with van der Waals surface area (Å²) in [5.41, 5.74) is 0. The number of hydrogen-bond donors (Lipinski definition) is 1. The van der Waals surface area contributed by atoms with Gasteiger partial charge in [-0.15, -0.1) is 0 Å². The number of rotatable bonds is 2. The second-order valence-corrected chi connectivity index (χ2v) is 4.73. The van der Waals surface area contributed by atoms with Crippen LogP contribution in [0.15, 0.2) is 4.99 Å². The van der Waals surface area contributed by atoms with Gasteiger partial charge in [0.25, 0.3) is 0 Å². The number of nitrogens with one attached hydrogen (secondary N) is 1. The second kappa shape index (κ2) is 3.54. The molecular formula is C11H18N2O. The summed E-state index contributed by atoms with van der Waals surface area (Å²) in [7, 11) is 0. The Kier molecular flexibility index (Phi) is 2.20. The van der Waals surface area contributed by atoms with E-state index in [2.05, 4.69) is 5.32 Å². The van der Waals surface area contributed by atoms with E-state index in [4.69, 9.17) is 9.73 Å². The first-order chi connectivity index (χ1) is 6.93. The van der Waals surface area contributed by atoms with Gasteiger partial charge in [0, 0.05) is 12.5 Å². The molecule has 1 saturated heterocycles. The first kappa shape index (κ1) is 8.72. The monoisotopic (exact) mass is 194 g/mol. The van der Waals surface area contributed by atoms with Gasteiger partial charge in [0.2, 0.25) is 0 Å². The third-order valence-corrected chi connectivity index (χ3v) is 3.80. The first-order valence-corrected chi connectivity index (χ1v) is 5.84. The van der Waals surface area contributed by atoms with Crippen molar-refractivity contribution in [1.29, 1.82) is 0 Å². The maximum Gasteiger partial charge on any atom is 0.188 e. The Hall–Kier alpha value is -0.570. The Balaban J connectivity index is 1.63. The van der Waals surface area contributed by atoms with Crippen molar-refractivity contribution < 1.29 is 4.74 Å². The Bertz CT molecular complexity index is 242. The van der Waals surface area contributed by atoms with Crippen molar-refractivity contribution in [2.75, 3.05) is 19.7 Å². The van der Waals surface area contributed by atoms with Gasteiger partial charge in [-0.05, 0) is 31.7 Å². The van der Waals surface area contributed by atoms with Gasteiger partial charge in [-0.1, -0.05) is 6.42 Å². The second-order valence-electron chi connectivity index (χ2n) is 4.73. The molecule has 0 bridgehead atoms. The molecule has 0 aromatic rings. The van der Waals surface area contributed by atoms with Crippen molar-refractivity contribution in [2.45, 2.75) is 31.7 Å². The summed E-state index contributed by atoms with van der Waals surface area (Å²) in [5, 5.41) is 3.36. The van der Waals surface area contributed by atoms with Gasteiger partial charge in [0.15, 0.2) is 5.90 Å². The van der Waals surface area contributed by atoms with E-state index in [9.17, 15) is 0 Å². The van der Waals surface area contributed by atoms with Gasteiger partial charge in [-0.3, -0.25) is 0 Å². The van der Waals surface area contributed by atoms with Crippen LogP contribution in [0.3, 0.4) is 0 Å². The minimum Gasteiger partial charge on any atom is -0.478 e. The summed E-state index contributed by atoms with van der Waals surface area (Å²) in [5.74, 6) is 2.45. The maximum atomic E-state index is 5.72. The standard InChI is InChI=1S/C11H18N2O/c1-2-8(3-1)10-7-14-11(13-10)9-4-5-12-6-9/h8-10,12H,1-7H2. The molecule has 2 fully saturated rings. The highest BCUT2D eigenvalue weighted by atomic mass is 16.5. The normalized spacial score (nSPS) is 37.9. The molecule has 1 saturated carbocycles. The number of aliphatic imine (C=N–C) groups is 1. The van der Waals surface area contributed by atoms with Crippen molar-refractivity contribution in [2.24, 2.45) is 16.8 Å². The van der Waals surface area contributed by atoms with Crippen LogP contribution in [0, 0.1) is 11.8 Å². The molecule has 0 radical (unpaired) electrons. The van der Waals surface area contributed by atoms with Gasteiger partial charge in [-0.2, -0.15) is 0 Å². The molecular weight excluding hydrogens is 176 g/mol. The van der Waals surface area contributed by atoms with Gasteiger partial charge >= 0.3 is 0 Å². The third kappa shape index (κ3) is 1.44. The fourth-order valence-electron chi connectivity index (χ4n) is 2.56. The van der Waals surface area contributed by atoms with E-state index in [1.165, 1.54) is 25.7 Å². The molecule has 3 aliphatic rings. The van der Waals surface area contributed by atoms with E-state index >= 15 is 0 Å². The van der Waals surface area contributed by atoms with Crippen LogP contribution in [-0.2, 0) is 4.74 Å². The lowest BCUT2D eigenvalue weighted by molar-refractivity contribution is 0.209. The van der Waals surface area contributed by atoms with Gasteiger partial charge in [-0.25, -0.2) is 4.99 Å². The van der Waals surface area contributed by atoms with Crippen LogP contribution < -0.4 is 5.32 Å². The highest BCUT2D eigenvalue weighted by Crippen LogP contribution is 2.34. The predicted molar refractivity (Wildman–Crippen MR) is 55.5 cm³/mol. The largest absolute Gasteiger partial charge is 0.478 e. The highest BCUT2D eigenvalue weighted by molar-refractivity contribution is 5.80. The Morgan fingerprint density at radius 1 is 1.29 bits per heavy atom. The Morgan fingerprint density at radius 3 is 2.86 bits per heavy atom. The molecule has 2 unspecified atom stereocenters. The van der Waals surface area contributed by atoms with E-state index in [1.807, 2.05) is 0 Å². The fraction of sp³-hybridized carbons (Fsp3) is 0.909. The summed E-state index contributed by atoms with van der Waals surface area (Å²) < 4.78 is 5.72. The van der Waals surface area contributed by atoms with Gasteiger partial charge in [0.05, 0.1) is 6.04 Å². The average Bonchev–Trinajstić information content (AvgIpc) is 2.65. The average molecular weight is 194 g/mol. The molecule has 0 aromatic heterocycles. The highest BCUT2D eigenvalue weighted by Gasteiger charge is 2.34. The molecule has 3 rings (SSSR count). The molecule has 3 nitrogen and oxygen atoms in total. The van der Waals surface area contributed by atoms with Crippen molar-refractivity contribution in [1.82, 2.24) is 5.32 Å². The number of hydrogen-bond acceptors (Lipinski definition) is 3. The fourth-order valence-corrected chi connectivity index (χ4v) is 2.56. The molecule has 1 aliphatic carbocycles. The quantitative estimate of drug-likeness (QED) is 0.716. The van der Waals surface area contributed by atoms with Gasteiger partial charge < -0.3 is 10.1 Å². The Morgan fingerprint density at radius 2 is 2.21 bits per heavy atom. The lowest BCUT2D eigenvalue weighted by Crippen LogP contribution is -2.26. The van der Waals surface area contributed by atoms with Crippen LogP contribution in [0.5, 0.6) is 0 Å². The smallest absolute Gasteiger partial charge is 0.188 e. The summed E-state index contributed by atoms with van der Waals surface area (Å²) in [6.07, 6.45) is 5.34. The lowest BCUT2D eigenvalue weighted by atomic mass is 9.80. The van der Waals surface area contributed by atoms with Gasteiger partial charge in [0.1, 0.15) is 6.61 Å². The van der Waals surface area contributed by atoms with Crippen LogP contribution >= 0.6 is 0 Å². The third-order valence-electron chi connectivity index (χ3n) is 3.80.